The van der Waals surface area contributed by atoms with Crippen LogP contribution in [0.3, 0.4) is 0 Å². The molecule has 0 unspecified atom stereocenters. The Kier molecular flexibility index (Phi) is 7.40. The maximum Gasteiger partial charge on any atom is 0.258 e. The molecule has 1 heterocycles. The van der Waals surface area contributed by atoms with Crippen molar-refractivity contribution in [2.45, 2.75) is 30.7 Å². The van der Waals surface area contributed by atoms with Crippen LogP contribution in [0.5, 0.6) is 5.75 Å². The average Bonchev–Trinajstić information content (AvgIpc) is 2.73. The summed E-state index contributed by atoms with van der Waals surface area (Å²) < 4.78 is 32.9. The van der Waals surface area contributed by atoms with Gasteiger partial charge in [0.1, 0.15) is 5.75 Å². The van der Waals surface area contributed by atoms with Crippen molar-refractivity contribution in [3.8, 4) is 5.75 Å². The van der Waals surface area contributed by atoms with E-state index in [2.05, 4.69) is 5.32 Å². The van der Waals surface area contributed by atoms with Gasteiger partial charge in [-0.25, -0.2) is 8.42 Å². The number of carbonyl (C=O) groups is 1. The Morgan fingerprint density at radius 1 is 1.07 bits per heavy atom. The van der Waals surface area contributed by atoms with Crippen molar-refractivity contribution in [3.63, 3.8) is 0 Å². The normalized spacial score (nSPS) is 15.1. The second kappa shape index (κ2) is 9.80. The Hall–Kier alpha value is -1.80. The zero-order chi connectivity index (χ0) is 20.9. The monoisotopic (exact) mass is 456 g/mol. The SMILES string of the molecule is O=C(COc1cc(Cl)ccc1Cl)NCc1ccccc1S(=O)(=O)N1CCCCC1. The van der Waals surface area contributed by atoms with E-state index < -0.39 is 15.9 Å². The zero-order valence-electron chi connectivity index (χ0n) is 15.7. The molecular formula is C20H22Cl2N2O4S. The Bertz CT molecular complexity index is 976. The summed E-state index contributed by atoms with van der Waals surface area (Å²) >= 11 is 11.9. The Labute approximate surface area is 180 Å². The van der Waals surface area contributed by atoms with Crippen LogP contribution in [-0.2, 0) is 21.4 Å². The summed E-state index contributed by atoms with van der Waals surface area (Å²) in [5, 5.41) is 3.49. The number of halogens is 2. The van der Waals surface area contributed by atoms with Crippen LogP contribution in [0.4, 0.5) is 0 Å². The number of rotatable bonds is 7. The van der Waals surface area contributed by atoms with Crippen LogP contribution in [0.25, 0.3) is 0 Å². The smallest absolute Gasteiger partial charge is 0.258 e. The Morgan fingerprint density at radius 2 is 1.79 bits per heavy atom. The van der Waals surface area contributed by atoms with Gasteiger partial charge in [0.2, 0.25) is 10.0 Å². The lowest BCUT2D eigenvalue weighted by Gasteiger charge is -2.26. The Balaban J connectivity index is 1.63. The first kappa shape index (κ1) is 21.9. The van der Waals surface area contributed by atoms with E-state index in [0.29, 0.717) is 34.4 Å². The first-order valence-electron chi connectivity index (χ1n) is 9.30. The summed E-state index contributed by atoms with van der Waals surface area (Å²) in [7, 11) is -3.59. The molecule has 1 aliphatic heterocycles. The molecule has 1 N–H and O–H groups in total. The number of nitrogens with zero attached hydrogens (tertiary/aromatic N) is 1. The fraction of sp³-hybridized carbons (Fsp3) is 0.350. The van der Waals surface area contributed by atoms with E-state index in [1.807, 2.05) is 0 Å². The molecule has 1 fully saturated rings. The van der Waals surface area contributed by atoms with Crippen molar-refractivity contribution in [1.82, 2.24) is 9.62 Å². The summed E-state index contributed by atoms with van der Waals surface area (Å²) in [6.07, 6.45) is 2.77. The minimum atomic E-state index is -3.59. The topological polar surface area (TPSA) is 75.7 Å². The quantitative estimate of drug-likeness (QED) is 0.685. The molecule has 0 aliphatic carbocycles. The van der Waals surface area contributed by atoms with Gasteiger partial charge in [-0.2, -0.15) is 4.31 Å². The van der Waals surface area contributed by atoms with Gasteiger partial charge in [-0.3, -0.25) is 4.79 Å². The molecule has 9 heteroatoms. The maximum absolute atomic E-state index is 13.0. The van der Waals surface area contributed by atoms with E-state index in [4.69, 9.17) is 27.9 Å². The molecule has 0 saturated carbocycles. The fourth-order valence-corrected chi connectivity index (χ4v) is 5.20. The van der Waals surface area contributed by atoms with Gasteiger partial charge in [0.15, 0.2) is 6.61 Å². The molecule has 2 aromatic carbocycles. The van der Waals surface area contributed by atoms with Gasteiger partial charge < -0.3 is 10.1 Å². The van der Waals surface area contributed by atoms with Gasteiger partial charge in [0, 0.05) is 30.7 Å². The lowest BCUT2D eigenvalue weighted by atomic mass is 10.2. The molecule has 1 aliphatic rings. The molecule has 6 nitrogen and oxygen atoms in total. The van der Waals surface area contributed by atoms with Crippen LogP contribution in [0, 0.1) is 0 Å². The first-order chi connectivity index (χ1) is 13.9. The van der Waals surface area contributed by atoms with Crippen molar-refractivity contribution in [2.24, 2.45) is 0 Å². The second-order valence-corrected chi connectivity index (χ2v) is 9.46. The molecule has 1 amide bonds. The highest BCUT2D eigenvalue weighted by atomic mass is 35.5. The summed E-state index contributed by atoms with van der Waals surface area (Å²) in [6, 6.07) is 11.4. The first-order valence-corrected chi connectivity index (χ1v) is 11.5. The van der Waals surface area contributed by atoms with Gasteiger partial charge in [0.05, 0.1) is 9.92 Å². The molecule has 1 saturated heterocycles. The highest BCUT2D eigenvalue weighted by Crippen LogP contribution is 2.27. The molecule has 156 valence electrons. The summed E-state index contributed by atoms with van der Waals surface area (Å²) in [6.45, 7) is 0.865. The van der Waals surface area contributed by atoms with Gasteiger partial charge in [-0.15, -0.1) is 0 Å². The highest BCUT2D eigenvalue weighted by molar-refractivity contribution is 7.89. The average molecular weight is 457 g/mol. The van der Waals surface area contributed by atoms with Crippen LogP contribution < -0.4 is 10.1 Å². The van der Waals surface area contributed by atoms with Gasteiger partial charge in [0.25, 0.3) is 5.91 Å². The maximum atomic E-state index is 13.0. The Morgan fingerprint density at radius 3 is 2.55 bits per heavy atom. The van der Waals surface area contributed by atoms with Crippen LogP contribution in [0.15, 0.2) is 47.4 Å². The number of ether oxygens (including phenoxy) is 1. The number of hydrogen-bond donors (Lipinski definition) is 1. The fourth-order valence-electron chi connectivity index (χ4n) is 3.12. The standard InChI is InChI=1S/C20H22Cl2N2O4S/c21-16-8-9-17(22)18(12-16)28-14-20(25)23-13-15-6-2-3-7-19(15)29(26,27)24-10-4-1-5-11-24/h2-3,6-9,12H,1,4-5,10-11,13-14H2,(H,23,25). The van der Waals surface area contributed by atoms with Crippen molar-refractivity contribution < 1.29 is 17.9 Å². The van der Waals surface area contributed by atoms with E-state index in [-0.39, 0.29) is 18.0 Å². The predicted octanol–water partition coefficient (Wildman–Crippen LogP) is 3.86. The number of carbonyl (C=O) groups excluding carboxylic acids is 1. The van der Waals surface area contributed by atoms with Crippen molar-refractivity contribution in [1.29, 1.82) is 0 Å². The molecule has 0 spiro atoms. The van der Waals surface area contributed by atoms with Crippen LogP contribution in [-0.4, -0.2) is 38.3 Å². The number of amides is 1. The molecule has 29 heavy (non-hydrogen) atoms. The number of hydrogen-bond acceptors (Lipinski definition) is 4. The predicted molar refractivity (Wildman–Crippen MR) is 113 cm³/mol. The van der Waals surface area contributed by atoms with E-state index >= 15 is 0 Å². The van der Waals surface area contributed by atoms with Crippen LogP contribution >= 0.6 is 23.2 Å². The molecule has 2 aromatic rings. The van der Waals surface area contributed by atoms with Crippen LogP contribution in [0.2, 0.25) is 10.0 Å². The van der Waals surface area contributed by atoms with Crippen molar-refractivity contribution in [3.05, 3.63) is 58.1 Å². The molecule has 3 rings (SSSR count). The lowest BCUT2D eigenvalue weighted by Crippen LogP contribution is -2.36. The minimum Gasteiger partial charge on any atom is -0.482 e. The van der Waals surface area contributed by atoms with Crippen molar-refractivity contribution in [2.75, 3.05) is 19.7 Å². The largest absolute Gasteiger partial charge is 0.482 e. The minimum absolute atomic E-state index is 0.0781. The van der Waals surface area contributed by atoms with E-state index in [1.54, 1.807) is 36.4 Å². The van der Waals surface area contributed by atoms with Crippen LogP contribution in [0.1, 0.15) is 24.8 Å². The van der Waals surface area contributed by atoms with Gasteiger partial charge >= 0.3 is 0 Å². The summed E-state index contributed by atoms with van der Waals surface area (Å²) in [5.41, 5.74) is 0.534. The number of benzene rings is 2. The number of piperidine rings is 1. The van der Waals surface area contributed by atoms with E-state index in [0.717, 1.165) is 19.3 Å². The number of sulfonamides is 1. The third-order valence-electron chi connectivity index (χ3n) is 4.63. The number of nitrogens with one attached hydrogen (secondary N) is 1. The molecule has 0 bridgehead atoms. The van der Waals surface area contributed by atoms with Crippen molar-refractivity contribution >= 4 is 39.1 Å². The van der Waals surface area contributed by atoms with E-state index in [1.165, 1.54) is 10.4 Å². The summed E-state index contributed by atoms with van der Waals surface area (Å²) in [4.78, 5) is 12.4. The summed E-state index contributed by atoms with van der Waals surface area (Å²) in [5.74, 6) is -0.0893. The van der Waals surface area contributed by atoms with E-state index in [9.17, 15) is 13.2 Å². The van der Waals surface area contributed by atoms with Gasteiger partial charge in [-0.05, 0) is 36.6 Å². The molecule has 0 atom stereocenters. The third-order valence-corrected chi connectivity index (χ3v) is 7.18. The highest BCUT2D eigenvalue weighted by Gasteiger charge is 2.27. The third kappa shape index (κ3) is 5.63. The van der Waals surface area contributed by atoms with Gasteiger partial charge in [-0.1, -0.05) is 47.8 Å². The lowest BCUT2D eigenvalue weighted by molar-refractivity contribution is -0.123. The molecule has 0 radical (unpaired) electrons. The zero-order valence-corrected chi connectivity index (χ0v) is 18.1. The molecule has 0 aromatic heterocycles. The molecular weight excluding hydrogens is 435 g/mol. The second-order valence-electron chi connectivity index (χ2n) is 6.71.